The Hall–Kier alpha value is -2.16. The molecule has 6 nitrogen and oxygen atoms in total. The number of phenols is 1. The fourth-order valence-corrected chi connectivity index (χ4v) is 1.39. The largest absolute Gasteiger partial charge is 0.506 e. The fraction of sp³-hybridized carbons (Fsp3) is 0.111. The molecule has 0 saturated carbocycles. The van der Waals surface area contributed by atoms with E-state index in [9.17, 15) is 18.3 Å². The first-order chi connectivity index (χ1) is 8.61. The first kappa shape index (κ1) is 14.9. The summed E-state index contributed by atoms with van der Waals surface area (Å²) < 4.78 is 37.3. The summed E-state index contributed by atoms with van der Waals surface area (Å²) in [6.45, 7) is 0. The van der Waals surface area contributed by atoms with Gasteiger partial charge in [-0.25, -0.2) is 4.99 Å². The predicted molar refractivity (Wildman–Crippen MR) is 65.2 cm³/mol. The molecular weight excluding hydrogens is 287 g/mol. The quantitative estimate of drug-likeness (QED) is 0.460. The molecule has 0 radical (unpaired) electrons. The van der Waals surface area contributed by atoms with Crippen molar-refractivity contribution in [3.8, 4) is 5.75 Å². The fourth-order valence-electron chi connectivity index (χ4n) is 1.13. The second-order valence-electron chi connectivity index (χ2n) is 3.33. The number of halogens is 4. The van der Waals surface area contributed by atoms with Crippen LogP contribution in [0.1, 0.15) is 5.56 Å². The summed E-state index contributed by atoms with van der Waals surface area (Å²) in [6.07, 6.45) is -4.64. The van der Waals surface area contributed by atoms with Gasteiger partial charge in [-0.15, -0.1) is 0 Å². The molecule has 0 unspecified atom stereocenters. The molecule has 0 atom stereocenters. The normalized spacial score (nSPS) is 12.3. The van der Waals surface area contributed by atoms with E-state index in [4.69, 9.17) is 28.8 Å². The summed E-state index contributed by atoms with van der Waals surface area (Å²) >= 11 is 5.59. The minimum Gasteiger partial charge on any atom is -0.506 e. The molecule has 7 N–H and O–H groups in total. The Kier molecular flexibility index (Phi) is 4.10. The lowest BCUT2D eigenvalue weighted by Crippen LogP contribution is -2.26. The first-order valence-corrected chi connectivity index (χ1v) is 5.02. The highest BCUT2D eigenvalue weighted by molar-refractivity contribution is 6.33. The van der Waals surface area contributed by atoms with Crippen LogP contribution >= 0.6 is 11.6 Å². The zero-order chi connectivity index (χ0) is 14.8. The lowest BCUT2D eigenvalue weighted by Gasteiger charge is -2.09. The minimum atomic E-state index is -4.64. The van der Waals surface area contributed by atoms with E-state index in [0.717, 1.165) is 0 Å². The van der Waals surface area contributed by atoms with Gasteiger partial charge in [0.1, 0.15) is 11.4 Å². The highest BCUT2D eigenvalue weighted by Gasteiger charge is 2.32. The molecule has 10 heteroatoms. The van der Waals surface area contributed by atoms with Crippen molar-refractivity contribution in [2.45, 2.75) is 6.18 Å². The number of nitrogens with zero attached hydrogens (tertiary/aromatic N) is 2. The SMILES string of the molecule is NC(N)=NC(N)=Nc1c(O)cc(C(F)(F)F)cc1Cl. The molecule has 0 aromatic heterocycles. The number of guanidine groups is 2. The molecule has 0 bridgehead atoms. The van der Waals surface area contributed by atoms with Crippen LogP contribution in [0.3, 0.4) is 0 Å². The number of hydrogen-bond acceptors (Lipinski definition) is 2. The van der Waals surface area contributed by atoms with E-state index < -0.39 is 34.4 Å². The number of rotatable bonds is 1. The highest BCUT2D eigenvalue weighted by atomic mass is 35.5. The Morgan fingerprint density at radius 3 is 2.21 bits per heavy atom. The molecule has 0 heterocycles. The van der Waals surface area contributed by atoms with Crippen molar-refractivity contribution in [3.05, 3.63) is 22.7 Å². The molecule has 0 saturated heterocycles. The topological polar surface area (TPSA) is 123 Å². The van der Waals surface area contributed by atoms with Crippen molar-refractivity contribution in [1.29, 1.82) is 0 Å². The van der Waals surface area contributed by atoms with Gasteiger partial charge in [-0.3, -0.25) is 0 Å². The van der Waals surface area contributed by atoms with Gasteiger partial charge in [0.25, 0.3) is 0 Å². The van der Waals surface area contributed by atoms with Gasteiger partial charge >= 0.3 is 6.18 Å². The zero-order valence-corrected chi connectivity index (χ0v) is 10.00. The number of benzene rings is 1. The van der Waals surface area contributed by atoms with Crippen molar-refractivity contribution in [2.75, 3.05) is 0 Å². The van der Waals surface area contributed by atoms with Crippen molar-refractivity contribution in [2.24, 2.45) is 27.2 Å². The summed E-state index contributed by atoms with van der Waals surface area (Å²) in [4.78, 5) is 6.85. The monoisotopic (exact) mass is 295 g/mol. The maximum absolute atomic E-state index is 12.4. The Morgan fingerprint density at radius 2 is 1.79 bits per heavy atom. The van der Waals surface area contributed by atoms with E-state index in [1.54, 1.807) is 0 Å². The molecule has 1 rings (SSSR count). The molecule has 0 spiro atoms. The highest BCUT2D eigenvalue weighted by Crippen LogP contribution is 2.40. The summed E-state index contributed by atoms with van der Waals surface area (Å²) in [6, 6.07) is 1.07. The summed E-state index contributed by atoms with van der Waals surface area (Å²) in [5.41, 5.74) is 13.9. The molecule has 0 aliphatic rings. The lowest BCUT2D eigenvalue weighted by molar-refractivity contribution is -0.137. The summed E-state index contributed by atoms with van der Waals surface area (Å²) in [5, 5.41) is 9.02. The van der Waals surface area contributed by atoms with Crippen LogP contribution in [0.5, 0.6) is 5.75 Å². The second-order valence-corrected chi connectivity index (χ2v) is 3.74. The molecule has 104 valence electrons. The van der Waals surface area contributed by atoms with Crippen molar-refractivity contribution >= 4 is 29.2 Å². The summed E-state index contributed by atoms with van der Waals surface area (Å²) in [7, 11) is 0. The third kappa shape index (κ3) is 3.91. The molecule has 19 heavy (non-hydrogen) atoms. The van der Waals surface area contributed by atoms with E-state index in [1.807, 2.05) is 0 Å². The molecular formula is C9H9ClF3N5O. The maximum Gasteiger partial charge on any atom is 0.416 e. The van der Waals surface area contributed by atoms with Crippen molar-refractivity contribution in [3.63, 3.8) is 0 Å². The maximum atomic E-state index is 12.4. The van der Waals surface area contributed by atoms with E-state index in [2.05, 4.69) is 9.98 Å². The Bertz CT molecular complexity index is 528. The molecule has 0 aliphatic heterocycles. The average Bonchev–Trinajstić information content (AvgIpc) is 2.20. The van der Waals surface area contributed by atoms with Gasteiger partial charge in [0.15, 0.2) is 5.96 Å². The van der Waals surface area contributed by atoms with E-state index in [0.29, 0.717) is 12.1 Å². The minimum absolute atomic E-state index is 0.364. The number of nitrogens with two attached hydrogens (primary N) is 3. The first-order valence-electron chi connectivity index (χ1n) is 4.64. The van der Waals surface area contributed by atoms with Crippen LogP contribution < -0.4 is 17.2 Å². The van der Waals surface area contributed by atoms with E-state index in [1.165, 1.54) is 0 Å². The number of aliphatic imine (C=N–C) groups is 2. The Morgan fingerprint density at radius 1 is 1.21 bits per heavy atom. The molecule has 1 aromatic rings. The Labute approximate surface area is 110 Å². The van der Waals surface area contributed by atoms with Gasteiger partial charge in [0.05, 0.1) is 10.6 Å². The van der Waals surface area contributed by atoms with Crippen molar-refractivity contribution < 1.29 is 18.3 Å². The van der Waals surface area contributed by atoms with Crippen molar-refractivity contribution in [1.82, 2.24) is 0 Å². The van der Waals surface area contributed by atoms with Gasteiger partial charge in [-0.2, -0.15) is 18.2 Å². The van der Waals surface area contributed by atoms with Crippen LogP contribution in [-0.4, -0.2) is 17.0 Å². The van der Waals surface area contributed by atoms with Crippen LogP contribution in [-0.2, 0) is 6.18 Å². The number of aromatic hydroxyl groups is 1. The van der Waals surface area contributed by atoms with Gasteiger partial charge in [-0.05, 0) is 12.1 Å². The van der Waals surface area contributed by atoms with Crippen LogP contribution in [0, 0.1) is 0 Å². The van der Waals surface area contributed by atoms with Crippen LogP contribution in [0.15, 0.2) is 22.1 Å². The van der Waals surface area contributed by atoms with E-state index in [-0.39, 0.29) is 5.69 Å². The molecule has 1 aromatic carbocycles. The second kappa shape index (κ2) is 5.22. The van der Waals surface area contributed by atoms with Crippen LogP contribution in [0.4, 0.5) is 18.9 Å². The lowest BCUT2D eigenvalue weighted by atomic mass is 10.2. The van der Waals surface area contributed by atoms with Crippen LogP contribution in [0.2, 0.25) is 5.02 Å². The predicted octanol–water partition coefficient (Wildman–Crippen LogP) is 1.28. The third-order valence-corrected chi connectivity index (χ3v) is 2.13. The average molecular weight is 296 g/mol. The standard InChI is InChI=1S/C9H9ClF3N5O/c10-4-1-3(9(11,12)13)2-5(19)6(4)17-8(16)18-7(14)15/h1-2,19H,(H6,14,15,16,17,18). The zero-order valence-electron chi connectivity index (χ0n) is 9.24. The summed E-state index contributed by atoms with van der Waals surface area (Å²) in [5.74, 6) is -1.66. The third-order valence-electron chi connectivity index (χ3n) is 1.84. The molecule has 0 amide bonds. The van der Waals surface area contributed by atoms with E-state index >= 15 is 0 Å². The Balaban J connectivity index is 3.30. The number of hydrogen-bond donors (Lipinski definition) is 4. The van der Waals surface area contributed by atoms with Gasteiger partial charge in [0, 0.05) is 0 Å². The van der Waals surface area contributed by atoms with Crippen LogP contribution in [0.25, 0.3) is 0 Å². The number of alkyl halides is 3. The molecule has 0 fully saturated rings. The number of phenolic OH excluding ortho intramolecular Hbond substituents is 1. The van der Waals surface area contributed by atoms with Gasteiger partial charge in [-0.1, -0.05) is 11.6 Å². The van der Waals surface area contributed by atoms with Gasteiger partial charge in [0.2, 0.25) is 5.96 Å². The smallest absolute Gasteiger partial charge is 0.416 e. The molecule has 0 aliphatic carbocycles. The van der Waals surface area contributed by atoms with Gasteiger partial charge < -0.3 is 22.3 Å².